The topological polar surface area (TPSA) is 88.3 Å². The van der Waals surface area contributed by atoms with E-state index >= 15 is 4.39 Å². The number of hydrogen-bond donors (Lipinski definition) is 0. The molecule has 2 aromatic heterocycles. The van der Waals surface area contributed by atoms with Gasteiger partial charge in [-0.05, 0) is 70.5 Å². The molecule has 3 saturated heterocycles. The molecule has 7 rings (SSSR count). The minimum atomic E-state index is -0.924. The molecule has 3 aromatic rings. The highest BCUT2D eigenvalue weighted by atomic mass is 35.5. The number of carbonyl (C=O) groups excluding carboxylic acids is 1. The molecule has 1 aliphatic carbocycles. The van der Waals surface area contributed by atoms with Gasteiger partial charge < -0.3 is 19.2 Å². The molecule has 3 aliphatic heterocycles. The van der Waals surface area contributed by atoms with E-state index in [4.69, 9.17) is 32.6 Å². The second kappa shape index (κ2) is 12.6. The fourth-order valence-electron chi connectivity index (χ4n) is 7.56. The van der Waals surface area contributed by atoms with Crippen LogP contribution in [0.2, 0.25) is 5.02 Å². The Morgan fingerprint density at radius 2 is 2.00 bits per heavy atom. The van der Waals surface area contributed by atoms with Crippen molar-refractivity contribution in [2.75, 3.05) is 50.8 Å². The fourth-order valence-corrected chi connectivity index (χ4v) is 7.89. The maximum absolute atomic E-state index is 16.8. The Morgan fingerprint density at radius 3 is 2.75 bits per heavy atom. The van der Waals surface area contributed by atoms with Crippen molar-refractivity contribution in [3.05, 3.63) is 52.2 Å². The molecule has 48 heavy (non-hydrogen) atoms. The number of alkyl halides is 1. The number of hydrogen-bond acceptors (Lipinski definition) is 8. The number of halogens is 3. The third kappa shape index (κ3) is 6.23. The SMILES string of the molecule is [C-]#[N+]C[C@H]1CN(c2nc(OC[C@@]34CCCN3C[C@H](F)C4)nc3c(F)c(-c4cccc(Cl)c4C4CC4)ncc23)CCN1C(=O)OC(C)(C)C. The van der Waals surface area contributed by atoms with Crippen LogP contribution >= 0.6 is 11.6 Å². The average Bonchev–Trinajstić information content (AvgIpc) is 3.72. The molecular weight excluding hydrogens is 640 g/mol. The Morgan fingerprint density at radius 1 is 1.19 bits per heavy atom. The van der Waals surface area contributed by atoms with Crippen LogP contribution in [-0.4, -0.2) is 100 Å². The van der Waals surface area contributed by atoms with Gasteiger partial charge in [-0.3, -0.25) is 14.8 Å². The summed E-state index contributed by atoms with van der Waals surface area (Å²) in [5.41, 5.74) is 0.590. The van der Waals surface area contributed by atoms with E-state index in [-0.39, 0.29) is 49.4 Å². The monoisotopic (exact) mass is 679 g/mol. The van der Waals surface area contributed by atoms with E-state index in [1.807, 2.05) is 17.0 Å². The van der Waals surface area contributed by atoms with Gasteiger partial charge in [0.1, 0.15) is 41.4 Å². The number of benzene rings is 1. The van der Waals surface area contributed by atoms with Crippen LogP contribution in [0.4, 0.5) is 19.4 Å². The van der Waals surface area contributed by atoms with Crippen molar-refractivity contribution in [2.45, 2.75) is 82.1 Å². The number of pyridine rings is 1. The van der Waals surface area contributed by atoms with E-state index in [1.54, 1.807) is 37.9 Å². The van der Waals surface area contributed by atoms with Gasteiger partial charge in [-0.15, -0.1) is 0 Å². The third-order valence-corrected chi connectivity index (χ3v) is 10.2. The number of ether oxygens (including phenoxy) is 2. The summed E-state index contributed by atoms with van der Waals surface area (Å²) < 4.78 is 43.2. The summed E-state index contributed by atoms with van der Waals surface area (Å²) in [6.07, 6.45) is 4.27. The van der Waals surface area contributed by atoms with Crippen molar-refractivity contribution >= 4 is 34.4 Å². The summed E-state index contributed by atoms with van der Waals surface area (Å²) in [4.78, 5) is 36.3. The number of aromatic nitrogens is 3. The van der Waals surface area contributed by atoms with E-state index in [0.717, 1.165) is 37.8 Å². The number of anilines is 1. The predicted molar refractivity (Wildman–Crippen MR) is 179 cm³/mol. The van der Waals surface area contributed by atoms with E-state index in [1.165, 1.54) is 0 Å². The summed E-state index contributed by atoms with van der Waals surface area (Å²) in [5.74, 6) is 0.0434. The number of fused-ring (bicyclic) bond motifs is 2. The van der Waals surface area contributed by atoms with Crippen LogP contribution in [0.25, 0.3) is 27.0 Å². The smallest absolute Gasteiger partial charge is 0.410 e. The number of piperazine rings is 1. The number of rotatable bonds is 7. The van der Waals surface area contributed by atoms with Crippen molar-refractivity contribution in [2.24, 2.45) is 0 Å². The molecule has 4 aliphatic rings. The van der Waals surface area contributed by atoms with Gasteiger partial charge >= 0.3 is 12.1 Å². The summed E-state index contributed by atoms with van der Waals surface area (Å²) in [6.45, 7) is 15.3. The van der Waals surface area contributed by atoms with Gasteiger partial charge in [0.15, 0.2) is 5.82 Å². The maximum atomic E-state index is 16.8. The molecule has 1 aromatic carbocycles. The molecule has 0 bridgehead atoms. The largest absolute Gasteiger partial charge is 0.461 e. The molecule has 0 N–H and O–H groups in total. The van der Waals surface area contributed by atoms with Crippen LogP contribution in [-0.2, 0) is 4.74 Å². The van der Waals surface area contributed by atoms with Gasteiger partial charge in [0.2, 0.25) is 6.54 Å². The third-order valence-electron chi connectivity index (χ3n) is 9.88. The lowest BCUT2D eigenvalue weighted by atomic mass is 9.95. The van der Waals surface area contributed by atoms with E-state index < -0.39 is 35.3 Å². The highest BCUT2D eigenvalue weighted by Crippen LogP contribution is 2.48. The standard InChI is InChI=1S/C35H40ClF2N7O3/c1-34(2,3)48-33(46)45-14-13-43(19-23(45)16-39-4)31-25-17-40-29(24-7-5-8-26(36)27(24)21-9-10-21)28(38)30(25)41-32(42-31)47-20-35-11-6-12-44(35)18-22(37)15-35/h5,7-8,17,21-23H,6,9-16,18-20H2,1-3H3/t22-,23+,35+/m1/s1. The van der Waals surface area contributed by atoms with Crippen LogP contribution in [0.1, 0.15) is 64.4 Å². The first-order valence-corrected chi connectivity index (χ1v) is 17.1. The molecule has 4 fully saturated rings. The molecular formula is C35H40ClF2N7O3. The van der Waals surface area contributed by atoms with Gasteiger partial charge in [-0.2, -0.15) is 9.97 Å². The second-order valence-corrected chi connectivity index (χ2v) is 14.9. The lowest BCUT2D eigenvalue weighted by molar-refractivity contribution is 0.0155. The Labute approximate surface area is 284 Å². The molecule has 0 spiro atoms. The number of nitrogens with zero attached hydrogens (tertiary/aromatic N) is 7. The minimum Gasteiger partial charge on any atom is -0.461 e. The normalized spacial score (nSPS) is 24.5. The lowest BCUT2D eigenvalue weighted by Crippen LogP contribution is -2.57. The average molecular weight is 680 g/mol. The van der Waals surface area contributed by atoms with Gasteiger partial charge in [0.05, 0.1) is 10.9 Å². The second-order valence-electron chi connectivity index (χ2n) is 14.5. The zero-order chi connectivity index (χ0) is 33.8. The summed E-state index contributed by atoms with van der Waals surface area (Å²) in [6, 6.07) is 4.94. The quantitative estimate of drug-likeness (QED) is 0.256. The molecule has 13 heteroatoms. The van der Waals surface area contributed by atoms with Crippen LogP contribution in [0, 0.1) is 12.4 Å². The van der Waals surface area contributed by atoms with E-state index in [0.29, 0.717) is 41.3 Å². The molecule has 10 nitrogen and oxygen atoms in total. The highest BCUT2D eigenvalue weighted by Gasteiger charge is 2.49. The summed E-state index contributed by atoms with van der Waals surface area (Å²) in [7, 11) is 0. The van der Waals surface area contributed by atoms with Gasteiger partial charge in [0.25, 0.3) is 0 Å². The molecule has 1 amide bonds. The van der Waals surface area contributed by atoms with Crippen LogP contribution in [0.5, 0.6) is 6.01 Å². The van der Waals surface area contributed by atoms with E-state index in [2.05, 4.69) is 19.7 Å². The zero-order valence-corrected chi connectivity index (χ0v) is 28.3. The van der Waals surface area contributed by atoms with Crippen molar-refractivity contribution < 1.29 is 23.0 Å². The predicted octanol–water partition coefficient (Wildman–Crippen LogP) is 6.66. The Kier molecular flexibility index (Phi) is 8.57. The van der Waals surface area contributed by atoms with Gasteiger partial charge in [-0.1, -0.05) is 23.7 Å². The van der Waals surface area contributed by atoms with Crippen LogP contribution in [0.3, 0.4) is 0 Å². The summed E-state index contributed by atoms with van der Waals surface area (Å²) in [5, 5.41) is 0.969. The first-order valence-electron chi connectivity index (χ1n) is 16.7. The van der Waals surface area contributed by atoms with Crippen LogP contribution in [0.15, 0.2) is 24.4 Å². The van der Waals surface area contributed by atoms with Crippen molar-refractivity contribution in [3.8, 4) is 17.3 Å². The molecule has 0 radical (unpaired) electrons. The van der Waals surface area contributed by atoms with Gasteiger partial charge in [0, 0.05) is 49.4 Å². The number of amides is 1. The Hall–Kier alpha value is -3.82. The molecule has 254 valence electrons. The first kappa shape index (κ1) is 32.7. The first-order chi connectivity index (χ1) is 23.0. The molecule has 3 atom stereocenters. The van der Waals surface area contributed by atoms with Crippen molar-refractivity contribution in [3.63, 3.8) is 0 Å². The zero-order valence-electron chi connectivity index (χ0n) is 27.5. The molecule has 0 unspecified atom stereocenters. The highest BCUT2D eigenvalue weighted by molar-refractivity contribution is 6.32. The van der Waals surface area contributed by atoms with Crippen molar-refractivity contribution in [1.82, 2.24) is 24.8 Å². The summed E-state index contributed by atoms with van der Waals surface area (Å²) >= 11 is 6.61. The Balaban J connectivity index is 1.28. The fraction of sp³-hybridized carbons (Fsp3) is 0.571. The van der Waals surface area contributed by atoms with Gasteiger partial charge in [-0.25, -0.2) is 20.1 Å². The minimum absolute atomic E-state index is 0.0121. The molecule has 5 heterocycles. The lowest BCUT2D eigenvalue weighted by Gasteiger charge is -2.40. The number of carbonyl (C=O) groups is 1. The Bertz CT molecular complexity index is 1780. The maximum Gasteiger partial charge on any atom is 0.410 e. The molecule has 1 saturated carbocycles. The van der Waals surface area contributed by atoms with Crippen LogP contribution < -0.4 is 9.64 Å². The van der Waals surface area contributed by atoms with Crippen molar-refractivity contribution in [1.29, 1.82) is 0 Å². The van der Waals surface area contributed by atoms with E-state index in [9.17, 15) is 9.18 Å².